The molecule has 0 bridgehead atoms. The topological polar surface area (TPSA) is 72.2 Å². The van der Waals surface area contributed by atoms with E-state index in [2.05, 4.69) is 63.9 Å². The molecule has 0 saturated heterocycles. The maximum atomic E-state index is 12.3. The summed E-state index contributed by atoms with van der Waals surface area (Å²) >= 11 is 3.05. The van der Waals surface area contributed by atoms with Gasteiger partial charge in [0.25, 0.3) is 0 Å². The minimum atomic E-state index is -0.0346. The number of nitrogens with zero attached hydrogens (tertiary/aromatic N) is 4. The number of aromatic nitrogens is 4. The fourth-order valence-electron chi connectivity index (χ4n) is 3.45. The number of pyridine rings is 1. The number of amides is 1. The van der Waals surface area contributed by atoms with Crippen molar-refractivity contribution in [3.8, 4) is 0 Å². The summed E-state index contributed by atoms with van der Waals surface area (Å²) in [4.78, 5) is 17.8. The van der Waals surface area contributed by atoms with Crippen molar-refractivity contribution in [1.82, 2.24) is 19.6 Å². The summed E-state index contributed by atoms with van der Waals surface area (Å²) in [6, 6.07) is 6.45. The van der Waals surface area contributed by atoms with Gasteiger partial charge in [0.05, 0.1) is 11.2 Å². The summed E-state index contributed by atoms with van der Waals surface area (Å²) in [6.45, 7) is 10.3. The van der Waals surface area contributed by atoms with Crippen molar-refractivity contribution in [1.29, 1.82) is 0 Å². The van der Waals surface area contributed by atoms with Gasteiger partial charge in [-0.05, 0) is 57.9 Å². The first kappa shape index (κ1) is 19.8. The molecular formula is C21H23N5OS2. The molecule has 0 aliphatic heterocycles. The van der Waals surface area contributed by atoms with Crippen LogP contribution in [0.1, 0.15) is 33.7 Å². The van der Waals surface area contributed by atoms with Crippen LogP contribution in [0.2, 0.25) is 0 Å². The average Bonchev–Trinajstić information content (AvgIpc) is 3.17. The summed E-state index contributed by atoms with van der Waals surface area (Å²) in [7, 11) is 0. The Balaban J connectivity index is 1.54. The summed E-state index contributed by atoms with van der Waals surface area (Å²) in [5, 5.41) is 14.3. The molecule has 0 radical (unpaired) electrons. The van der Waals surface area contributed by atoms with Crippen molar-refractivity contribution < 1.29 is 4.79 Å². The number of rotatable bonds is 5. The maximum absolute atomic E-state index is 12.3. The molecule has 0 saturated carbocycles. The Bertz CT molecular complexity index is 1220. The first-order chi connectivity index (χ1) is 13.8. The van der Waals surface area contributed by atoms with Crippen LogP contribution >= 0.6 is 23.1 Å². The van der Waals surface area contributed by atoms with E-state index < -0.39 is 0 Å². The molecule has 29 heavy (non-hydrogen) atoms. The van der Waals surface area contributed by atoms with Crippen molar-refractivity contribution in [3.63, 3.8) is 0 Å². The van der Waals surface area contributed by atoms with Gasteiger partial charge in [0.2, 0.25) is 5.91 Å². The molecule has 6 nitrogen and oxygen atoms in total. The quantitative estimate of drug-likeness (QED) is 0.456. The molecule has 0 fully saturated rings. The van der Waals surface area contributed by atoms with E-state index in [4.69, 9.17) is 0 Å². The van der Waals surface area contributed by atoms with Gasteiger partial charge in [-0.1, -0.05) is 23.4 Å². The van der Waals surface area contributed by atoms with Crippen molar-refractivity contribution >= 4 is 50.7 Å². The first-order valence-corrected chi connectivity index (χ1v) is 11.3. The van der Waals surface area contributed by atoms with Gasteiger partial charge in [0, 0.05) is 22.4 Å². The van der Waals surface area contributed by atoms with Gasteiger partial charge in [-0.3, -0.25) is 9.20 Å². The summed E-state index contributed by atoms with van der Waals surface area (Å²) in [5.41, 5.74) is 6.56. The third-order valence-electron chi connectivity index (χ3n) is 4.93. The zero-order valence-electron chi connectivity index (χ0n) is 17.2. The smallest absolute Gasteiger partial charge is 0.226 e. The van der Waals surface area contributed by atoms with E-state index >= 15 is 0 Å². The van der Waals surface area contributed by atoms with E-state index in [9.17, 15) is 4.79 Å². The highest BCUT2D eigenvalue weighted by atomic mass is 32.2. The molecule has 4 rings (SSSR count). The predicted octanol–water partition coefficient (Wildman–Crippen LogP) is 5.00. The Hall–Kier alpha value is -2.45. The summed E-state index contributed by atoms with van der Waals surface area (Å²) in [5.74, 6) is 0.587. The van der Waals surface area contributed by atoms with E-state index in [1.807, 2.05) is 13.8 Å². The van der Waals surface area contributed by atoms with Crippen LogP contribution in [0.3, 0.4) is 0 Å². The lowest BCUT2D eigenvalue weighted by Gasteiger charge is -2.11. The van der Waals surface area contributed by atoms with Crippen molar-refractivity contribution in [2.45, 2.75) is 46.2 Å². The molecule has 0 aliphatic rings. The largest absolute Gasteiger partial charge is 0.302 e. The van der Waals surface area contributed by atoms with Crippen LogP contribution < -0.4 is 5.32 Å². The molecule has 0 unspecified atom stereocenters. The van der Waals surface area contributed by atoms with Gasteiger partial charge in [-0.15, -0.1) is 21.5 Å². The second-order valence-electron chi connectivity index (χ2n) is 7.29. The first-order valence-electron chi connectivity index (χ1n) is 9.46. The molecule has 3 aromatic heterocycles. The second-order valence-corrected chi connectivity index (χ2v) is 9.55. The van der Waals surface area contributed by atoms with Crippen molar-refractivity contribution in [2.75, 3.05) is 11.1 Å². The normalized spacial score (nSPS) is 11.5. The fraction of sp³-hybridized carbons (Fsp3) is 0.333. The van der Waals surface area contributed by atoms with E-state index in [-0.39, 0.29) is 5.91 Å². The molecular weight excluding hydrogens is 402 g/mol. The Labute approximate surface area is 177 Å². The number of carbonyl (C=O) groups excluding carboxylic acids is 1. The van der Waals surface area contributed by atoms with Crippen molar-refractivity contribution in [2.24, 2.45) is 0 Å². The van der Waals surface area contributed by atoms with Crippen LogP contribution in [0.5, 0.6) is 0 Å². The number of carbonyl (C=O) groups is 1. The molecule has 0 spiro atoms. The van der Waals surface area contributed by atoms with Gasteiger partial charge in [-0.2, -0.15) is 0 Å². The van der Waals surface area contributed by atoms with E-state index in [1.54, 1.807) is 11.8 Å². The van der Waals surface area contributed by atoms with Crippen LogP contribution in [0.15, 0.2) is 23.4 Å². The highest BCUT2D eigenvalue weighted by molar-refractivity contribution is 7.99. The highest BCUT2D eigenvalue weighted by Gasteiger charge is 2.15. The molecule has 0 atom stereocenters. The van der Waals surface area contributed by atoms with Gasteiger partial charge in [0.1, 0.15) is 0 Å². The summed E-state index contributed by atoms with van der Waals surface area (Å²) < 4.78 is 2.10. The zero-order valence-corrected chi connectivity index (χ0v) is 18.8. The number of anilines is 1. The highest BCUT2D eigenvalue weighted by Crippen LogP contribution is 2.29. The van der Waals surface area contributed by atoms with Gasteiger partial charge in [-0.25, -0.2) is 4.98 Å². The minimum Gasteiger partial charge on any atom is -0.302 e. The number of aryl methyl sites for hydroxylation is 5. The Morgan fingerprint density at radius 2 is 1.90 bits per heavy atom. The number of hydrogen-bond donors (Lipinski definition) is 1. The number of thiazole rings is 1. The standard InChI is InChI=1S/C21H23N5OS2/c1-11-8-13(3)19-16(9-11)12(2)10-17-24-25-21(26(17)19)28-7-6-18(27)23-20-22-14(4)15(5)29-20/h8-10H,6-7H2,1-5H3,(H,22,23,27). The molecule has 150 valence electrons. The Morgan fingerprint density at radius 3 is 2.62 bits per heavy atom. The molecule has 4 aromatic rings. The van der Waals surface area contributed by atoms with Crippen molar-refractivity contribution in [3.05, 3.63) is 45.5 Å². The third kappa shape index (κ3) is 3.86. The predicted molar refractivity (Wildman–Crippen MR) is 120 cm³/mol. The molecule has 1 N–H and O–H groups in total. The Kier molecular flexibility index (Phi) is 5.31. The lowest BCUT2D eigenvalue weighted by Crippen LogP contribution is -2.12. The summed E-state index contributed by atoms with van der Waals surface area (Å²) in [6.07, 6.45) is 0.388. The molecule has 1 aromatic carbocycles. The van der Waals surface area contributed by atoms with Gasteiger partial charge < -0.3 is 5.32 Å². The SMILES string of the molecule is Cc1cc(C)c2c(c1)c(C)cc1nnc(SCCC(=O)Nc3nc(C)c(C)s3)n12. The molecule has 8 heteroatoms. The number of hydrogen-bond acceptors (Lipinski definition) is 6. The monoisotopic (exact) mass is 425 g/mol. The fourth-order valence-corrected chi connectivity index (χ4v) is 5.16. The second kappa shape index (κ2) is 7.76. The number of benzene rings is 1. The van der Waals surface area contributed by atoms with Crippen LogP contribution in [-0.2, 0) is 4.79 Å². The lowest BCUT2D eigenvalue weighted by molar-refractivity contribution is -0.115. The van der Waals surface area contributed by atoms with E-state index in [0.717, 1.165) is 26.9 Å². The maximum Gasteiger partial charge on any atom is 0.226 e. The minimum absolute atomic E-state index is 0.0346. The molecule has 1 amide bonds. The molecule has 3 heterocycles. The van der Waals surface area contributed by atoms with Gasteiger partial charge >= 0.3 is 0 Å². The van der Waals surface area contributed by atoms with Gasteiger partial charge in [0.15, 0.2) is 15.9 Å². The van der Waals surface area contributed by atoms with E-state index in [1.165, 1.54) is 33.4 Å². The number of nitrogens with one attached hydrogen (secondary N) is 1. The third-order valence-corrected chi connectivity index (χ3v) is 6.85. The number of thioether (sulfide) groups is 1. The lowest BCUT2D eigenvalue weighted by atomic mass is 10.0. The van der Waals surface area contributed by atoms with Crippen LogP contribution in [-0.4, -0.2) is 31.2 Å². The van der Waals surface area contributed by atoms with Crippen LogP contribution in [0.25, 0.3) is 16.6 Å². The Morgan fingerprint density at radius 1 is 1.10 bits per heavy atom. The van der Waals surface area contributed by atoms with Crippen LogP contribution in [0, 0.1) is 34.6 Å². The molecule has 0 aliphatic carbocycles. The number of fused-ring (bicyclic) bond motifs is 3. The van der Waals surface area contributed by atoms with E-state index in [0.29, 0.717) is 17.3 Å². The zero-order chi connectivity index (χ0) is 20.7. The average molecular weight is 426 g/mol. The van der Waals surface area contributed by atoms with Crippen LogP contribution in [0.4, 0.5) is 5.13 Å².